The van der Waals surface area contributed by atoms with Crippen LogP contribution in [0.4, 0.5) is 0 Å². The number of rotatable bonds is 48. The van der Waals surface area contributed by atoms with Gasteiger partial charge in [-0.25, -0.2) is 4.57 Å². The van der Waals surface area contributed by atoms with Gasteiger partial charge in [-0.05, 0) is 109 Å². The van der Waals surface area contributed by atoms with Crippen LogP contribution in [-0.4, -0.2) is 66.5 Å². The standard InChI is InChI=1S/C60H95O11P/c1-4-7-10-13-16-19-22-25-27-28-30-33-36-39-42-45-48-51-60(64)71-57(53-67-58(62)49-46-43-40-37-34-32-29-26-23-20-17-14-11-8-5-2)55-69-72(65,66)68-54-56(52-61)70-59(63)50-47-44-41-38-35-31-24-21-18-15-12-9-6-3/h7-12,16-21,25-27,29,31,34-35,37,43,46,56-57,61H,4-6,13-15,22-24,28,30,32-33,36,38-42,44-45,47-55H2,1-3H3,(H,65,66)/b10-7-,11-8-,12-9-,19-16-,20-17-,21-18-,27-25-,29-26-,35-31-,37-34-,46-43-. The summed E-state index contributed by atoms with van der Waals surface area (Å²) in [5.74, 6) is -1.68. The van der Waals surface area contributed by atoms with Gasteiger partial charge in [0.1, 0.15) is 12.7 Å². The average molecular weight is 1020 g/mol. The van der Waals surface area contributed by atoms with Crippen molar-refractivity contribution in [1.29, 1.82) is 0 Å². The van der Waals surface area contributed by atoms with Gasteiger partial charge in [-0.1, -0.05) is 193 Å². The summed E-state index contributed by atoms with van der Waals surface area (Å²) >= 11 is 0. The zero-order valence-corrected chi connectivity index (χ0v) is 45.5. The highest BCUT2D eigenvalue weighted by molar-refractivity contribution is 7.47. The number of aliphatic hydroxyl groups excluding tert-OH is 1. The number of carbonyl (C=O) groups is 3. The van der Waals surface area contributed by atoms with Crippen molar-refractivity contribution in [3.63, 3.8) is 0 Å². The topological polar surface area (TPSA) is 155 Å². The van der Waals surface area contributed by atoms with Crippen LogP contribution in [0.2, 0.25) is 0 Å². The quantitative estimate of drug-likeness (QED) is 0.0197. The predicted octanol–water partition coefficient (Wildman–Crippen LogP) is 15.8. The van der Waals surface area contributed by atoms with E-state index in [1.54, 1.807) is 6.08 Å². The molecule has 2 N–H and O–H groups in total. The number of hydrogen-bond acceptors (Lipinski definition) is 10. The molecule has 12 heteroatoms. The molecule has 0 aliphatic rings. The Bertz CT molecular complexity index is 1710. The number of carbonyl (C=O) groups excluding carboxylic acids is 3. The van der Waals surface area contributed by atoms with Crippen molar-refractivity contribution >= 4 is 25.7 Å². The maximum atomic E-state index is 12.9. The molecular weight excluding hydrogens is 928 g/mol. The van der Waals surface area contributed by atoms with Crippen LogP contribution in [0.1, 0.15) is 188 Å². The van der Waals surface area contributed by atoms with Gasteiger partial charge >= 0.3 is 25.7 Å². The van der Waals surface area contributed by atoms with Gasteiger partial charge in [0, 0.05) is 12.8 Å². The first-order chi connectivity index (χ1) is 35.2. The number of aliphatic hydroxyl groups is 1. The van der Waals surface area contributed by atoms with Gasteiger partial charge < -0.3 is 24.2 Å². The number of esters is 3. The molecule has 406 valence electrons. The molecule has 0 rings (SSSR count). The molecule has 0 spiro atoms. The van der Waals surface area contributed by atoms with E-state index < -0.39 is 64.4 Å². The molecule has 0 aromatic heterocycles. The zero-order valence-electron chi connectivity index (χ0n) is 44.6. The molecule has 0 saturated carbocycles. The van der Waals surface area contributed by atoms with Gasteiger partial charge in [0.25, 0.3) is 0 Å². The van der Waals surface area contributed by atoms with E-state index in [4.69, 9.17) is 23.3 Å². The van der Waals surface area contributed by atoms with Crippen molar-refractivity contribution in [2.24, 2.45) is 0 Å². The maximum Gasteiger partial charge on any atom is 0.472 e. The van der Waals surface area contributed by atoms with E-state index >= 15 is 0 Å². The fourth-order valence-corrected chi connectivity index (χ4v) is 7.36. The Labute approximate surface area is 436 Å². The van der Waals surface area contributed by atoms with Crippen molar-refractivity contribution in [2.45, 2.75) is 200 Å². The van der Waals surface area contributed by atoms with Crippen molar-refractivity contribution < 1.29 is 52.2 Å². The van der Waals surface area contributed by atoms with Gasteiger partial charge in [-0.3, -0.25) is 23.4 Å². The highest BCUT2D eigenvalue weighted by Crippen LogP contribution is 2.43. The van der Waals surface area contributed by atoms with Crippen LogP contribution >= 0.6 is 7.82 Å². The number of unbranched alkanes of at least 4 members (excludes halogenated alkanes) is 10. The number of phosphoric ester groups is 1. The highest BCUT2D eigenvalue weighted by Gasteiger charge is 2.28. The molecule has 3 unspecified atom stereocenters. The number of ether oxygens (including phenoxy) is 3. The molecule has 0 aromatic carbocycles. The number of hydrogen-bond donors (Lipinski definition) is 2. The normalized spacial score (nSPS) is 14.5. The lowest BCUT2D eigenvalue weighted by Gasteiger charge is -2.21. The molecule has 0 saturated heterocycles. The third-order valence-corrected chi connectivity index (χ3v) is 11.5. The van der Waals surface area contributed by atoms with E-state index in [0.717, 1.165) is 128 Å². The van der Waals surface area contributed by atoms with Crippen LogP contribution in [-0.2, 0) is 42.2 Å². The minimum Gasteiger partial charge on any atom is -0.461 e. The smallest absolute Gasteiger partial charge is 0.461 e. The van der Waals surface area contributed by atoms with E-state index in [1.807, 2.05) is 12.2 Å². The Morgan fingerprint density at radius 3 is 1.12 bits per heavy atom. The van der Waals surface area contributed by atoms with Gasteiger partial charge in [0.2, 0.25) is 0 Å². The second-order valence-corrected chi connectivity index (χ2v) is 18.7. The number of allylic oxidation sites excluding steroid dienone is 21. The summed E-state index contributed by atoms with van der Waals surface area (Å²) in [5.41, 5.74) is 0. The van der Waals surface area contributed by atoms with Crippen LogP contribution < -0.4 is 0 Å². The van der Waals surface area contributed by atoms with E-state index in [9.17, 15) is 28.9 Å². The Hall–Kier alpha value is -4.38. The van der Waals surface area contributed by atoms with Gasteiger partial charge in [0.05, 0.1) is 26.2 Å². The molecule has 0 aromatic rings. The largest absolute Gasteiger partial charge is 0.472 e. The van der Waals surface area contributed by atoms with Gasteiger partial charge in [0.15, 0.2) is 6.10 Å². The summed E-state index contributed by atoms with van der Waals surface area (Å²) in [6.45, 7) is 4.11. The summed E-state index contributed by atoms with van der Waals surface area (Å²) < 4.78 is 39.3. The summed E-state index contributed by atoms with van der Waals surface area (Å²) in [7, 11) is -4.78. The maximum absolute atomic E-state index is 12.9. The molecule has 0 fully saturated rings. The summed E-state index contributed by atoms with van der Waals surface area (Å²) in [6.07, 6.45) is 65.9. The second-order valence-electron chi connectivity index (χ2n) is 17.3. The van der Waals surface area contributed by atoms with Crippen LogP contribution in [0.3, 0.4) is 0 Å². The fraction of sp³-hybridized carbons (Fsp3) is 0.583. The first-order valence-electron chi connectivity index (χ1n) is 27.1. The van der Waals surface area contributed by atoms with Crippen LogP contribution in [0, 0.1) is 0 Å². The molecule has 0 radical (unpaired) electrons. The SMILES string of the molecule is CC/C=C\C/C=C\C/C=C\C/C=C\C/C=C\CC(=O)OCC(COP(=O)(O)OCC(CO)OC(=O)CCCCC/C=C\C/C=C\C/C=C\CC)OC(=O)CCCCCCCCC/C=C\C/C=C\C/C=C\CC. The third kappa shape index (κ3) is 50.6. The van der Waals surface area contributed by atoms with Crippen LogP contribution in [0.25, 0.3) is 0 Å². The summed E-state index contributed by atoms with van der Waals surface area (Å²) in [4.78, 5) is 48.4. The molecule has 3 atom stereocenters. The van der Waals surface area contributed by atoms with E-state index in [0.29, 0.717) is 19.3 Å². The summed E-state index contributed by atoms with van der Waals surface area (Å²) in [5, 5.41) is 9.78. The van der Waals surface area contributed by atoms with E-state index in [2.05, 4.69) is 136 Å². The molecule has 0 heterocycles. The van der Waals surface area contributed by atoms with Crippen molar-refractivity contribution in [1.82, 2.24) is 0 Å². The first kappa shape index (κ1) is 67.6. The van der Waals surface area contributed by atoms with Crippen molar-refractivity contribution in [3.8, 4) is 0 Å². The lowest BCUT2D eigenvalue weighted by Crippen LogP contribution is -2.30. The van der Waals surface area contributed by atoms with Gasteiger partial charge in [-0.15, -0.1) is 0 Å². The Morgan fingerprint density at radius 2 is 0.722 bits per heavy atom. The predicted molar refractivity (Wildman–Crippen MR) is 297 cm³/mol. The average Bonchev–Trinajstić information content (AvgIpc) is 3.37. The molecule has 11 nitrogen and oxygen atoms in total. The van der Waals surface area contributed by atoms with E-state index in [-0.39, 0.29) is 19.3 Å². The monoisotopic (exact) mass is 1020 g/mol. The lowest BCUT2D eigenvalue weighted by molar-refractivity contribution is -0.161. The Balaban J connectivity index is 4.91. The molecule has 0 aliphatic heterocycles. The first-order valence-corrected chi connectivity index (χ1v) is 28.6. The highest BCUT2D eigenvalue weighted by atomic mass is 31.2. The fourth-order valence-electron chi connectivity index (χ4n) is 6.57. The third-order valence-electron chi connectivity index (χ3n) is 10.6. The minimum absolute atomic E-state index is 0.0171. The van der Waals surface area contributed by atoms with Crippen molar-refractivity contribution in [3.05, 3.63) is 134 Å². The Morgan fingerprint density at radius 1 is 0.403 bits per heavy atom. The summed E-state index contributed by atoms with van der Waals surface area (Å²) in [6, 6.07) is 0. The molecule has 0 aliphatic carbocycles. The zero-order chi connectivity index (χ0) is 52.7. The van der Waals surface area contributed by atoms with Gasteiger partial charge in [-0.2, -0.15) is 0 Å². The van der Waals surface area contributed by atoms with Crippen molar-refractivity contribution in [2.75, 3.05) is 26.4 Å². The van der Waals surface area contributed by atoms with E-state index in [1.165, 1.54) is 0 Å². The minimum atomic E-state index is -4.78. The number of phosphoric acid groups is 1. The lowest BCUT2D eigenvalue weighted by atomic mass is 10.1. The molecular formula is C60H95O11P. The molecule has 0 amide bonds. The second kappa shape index (κ2) is 52.9. The molecule has 72 heavy (non-hydrogen) atoms. The Kier molecular flexibility index (Phi) is 49.7. The van der Waals surface area contributed by atoms with Crippen LogP contribution in [0.15, 0.2) is 134 Å². The molecule has 0 bridgehead atoms. The van der Waals surface area contributed by atoms with Crippen LogP contribution in [0.5, 0.6) is 0 Å².